The molecule has 1 heterocycles. The first-order chi connectivity index (χ1) is 10.0. The highest BCUT2D eigenvalue weighted by Crippen LogP contribution is 2.31. The highest BCUT2D eigenvalue weighted by Gasteiger charge is 2.29. The van der Waals surface area contributed by atoms with Crippen LogP contribution in [0.15, 0.2) is 36.4 Å². The van der Waals surface area contributed by atoms with Gasteiger partial charge in [-0.2, -0.15) is 0 Å². The summed E-state index contributed by atoms with van der Waals surface area (Å²) in [5.74, 6) is 0.542. The van der Waals surface area contributed by atoms with Crippen LogP contribution in [0.2, 0.25) is 10.0 Å². The van der Waals surface area contributed by atoms with Gasteiger partial charge in [0, 0.05) is 22.2 Å². The molecule has 2 aromatic carbocycles. The maximum atomic E-state index is 12.3. The summed E-state index contributed by atoms with van der Waals surface area (Å²) >= 11 is 11.9. The van der Waals surface area contributed by atoms with Crippen LogP contribution in [0.25, 0.3) is 0 Å². The molecule has 2 aromatic rings. The summed E-state index contributed by atoms with van der Waals surface area (Å²) in [5.41, 5.74) is 2.60. The Bertz CT molecular complexity index is 715. The molecule has 1 atom stereocenters. The van der Waals surface area contributed by atoms with Crippen LogP contribution in [0.5, 0.6) is 5.75 Å². The molecule has 5 heteroatoms. The van der Waals surface area contributed by atoms with E-state index in [4.69, 9.17) is 27.9 Å². The Kier molecular flexibility index (Phi) is 3.79. The Morgan fingerprint density at radius 2 is 1.90 bits per heavy atom. The number of rotatable bonds is 2. The number of halogens is 2. The van der Waals surface area contributed by atoms with E-state index in [1.54, 1.807) is 30.3 Å². The zero-order valence-electron chi connectivity index (χ0n) is 11.3. The van der Waals surface area contributed by atoms with Crippen LogP contribution in [0.3, 0.4) is 0 Å². The van der Waals surface area contributed by atoms with Crippen molar-refractivity contribution in [3.05, 3.63) is 57.6 Å². The van der Waals surface area contributed by atoms with Crippen molar-refractivity contribution in [2.24, 2.45) is 0 Å². The van der Waals surface area contributed by atoms with Crippen LogP contribution in [0.1, 0.15) is 11.1 Å². The van der Waals surface area contributed by atoms with Crippen molar-refractivity contribution < 1.29 is 9.53 Å². The highest BCUT2D eigenvalue weighted by molar-refractivity contribution is 6.31. The van der Waals surface area contributed by atoms with E-state index in [0.29, 0.717) is 22.2 Å². The molecule has 108 valence electrons. The van der Waals surface area contributed by atoms with Crippen molar-refractivity contribution in [2.45, 2.75) is 19.4 Å². The molecule has 0 spiro atoms. The van der Waals surface area contributed by atoms with Gasteiger partial charge in [0.15, 0.2) is 6.10 Å². The highest BCUT2D eigenvalue weighted by atomic mass is 35.5. The fourth-order valence-corrected chi connectivity index (χ4v) is 2.77. The fourth-order valence-electron chi connectivity index (χ4n) is 2.34. The summed E-state index contributed by atoms with van der Waals surface area (Å²) in [7, 11) is 0. The molecule has 0 saturated carbocycles. The molecule has 21 heavy (non-hydrogen) atoms. The minimum absolute atomic E-state index is 0.173. The molecule has 1 aliphatic heterocycles. The van der Waals surface area contributed by atoms with E-state index >= 15 is 0 Å². The van der Waals surface area contributed by atoms with Crippen molar-refractivity contribution in [3.63, 3.8) is 0 Å². The summed E-state index contributed by atoms with van der Waals surface area (Å²) in [6.07, 6.45) is -0.0116. The minimum Gasteiger partial charge on any atom is -0.480 e. The fraction of sp³-hybridized carbons (Fsp3) is 0.188. The molecule has 0 fully saturated rings. The van der Waals surface area contributed by atoms with Crippen LogP contribution in [-0.2, 0) is 11.2 Å². The van der Waals surface area contributed by atoms with Gasteiger partial charge in [0.25, 0.3) is 5.91 Å². The second-order valence-electron chi connectivity index (χ2n) is 5.01. The quantitative estimate of drug-likeness (QED) is 0.898. The molecule has 0 bridgehead atoms. The zero-order chi connectivity index (χ0) is 15.0. The zero-order valence-corrected chi connectivity index (χ0v) is 12.8. The number of hydrogen-bond acceptors (Lipinski definition) is 2. The number of amides is 1. The molecule has 1 amide bonds. The van der Waals surface area contributed by atoms with Crippen molar-refractivity contribution in [3.8, 4) is 5.75 Å². The van der Waals surface area contributed by atoms with E-state index in [1.165, 1.54) is 0 Å². The van der Waals surface area contributed by atoms with Crippen LogP contribution < -0.4 is 10.1 Å². The summed E-state index contributed by atoms with van der Waals surface area (Å²) in [6.45, 7) is 1.89. The first-order valence-corrected chi connectivity index (χ1v) is 7.30. The lowest BCUT2D eigenvalue weighted by Gasteiger charge is -2.13. The smallest absolute Gasteiger partial charge is 0.265 e. The minimum atomic E-state index is -0.534. The number of aryl methyl sites for hydroxylation is 1. The Morgan fingerprint density at radius 1 is 1.19 bits per heavy atom. The average molecular weight is 322 g/mol. The topological polar surface area (TPSA) is 38.3 Å². The standard InChI is InChI=1S/C16H13Cl2NO2/c1-9-6-11(17)2-4-13(9)19-16(20)15-8-10-7-12(18)3-5-14(10)21-15/h2-7,15H,8H2,1H3,(H,19,20)/t15-/m0/s1. The Hall–Kier alpha value is -1.71. The molecule has 0 saturated heterocycles. The molecule has 0 radical (unpaired) electrons. The van der Waals surface area contributed by atoms with Crippen molar-refractivity contribution >= 4 is 34.8 Å². The largest absolute Gasteiger partial charge is 0.480 e. The number of benzene rings is 2. The lowest BCUT2D eigenvalue weighted by atomic mass is 10.1. The van der Waals surface area contributed by atoms with E-state index in [9.17, 15) is 4.79 Å². The Morgan fingerprint density at radius 3 is 2.67 bits per heavy atom. The van der Waals surface area contributed by atoms with Crippen LogP contribution >= 0.6 is 23.2 Å². The van der Waals surface area contributed by atoms with Crippen LogP contribution in [-0.4, -0.2) is 12.0 Å². The van der Waals surface area contributed by atoms with Gasteiger partial charge < -0.3 is 10.1 Å². The second kappa shape index (κ2) is 5.58. The first kappa shape index (κ1) is 14.2. The van der Waals surface area contributed by atoms with E-state index in [0.717, 1.165) is 16.8 Å². The molecule has 1 aliphatic rings. The van der Waals surface area contributed by atoms with Crippen LogP contribution in [0, 0.1) is 6.92 Å². The Labute approximate surface area is 132 Å². The normalized spacial score (nSPS) is 16.2. The third-order valence-corrected chi connectivity index (χ3v) is 3.91. The van der Waals surface area contributed by atoms with E-state index in [2.05, 4.69) is 5.32 Å². The van der Waals surface area contributed by atoms with Crippen molar-refractivity contribution in [1.29, 1.82) is 0 Å². The van der Waals surface area contributed by atoms with E-state index < -0.39 is 6.10 Å². The lowest BCUT2D eigenvalue weighted by Crippen LogP contribution is -2.31. The summed E-state index contributed by atoms with van der Waals surface area (Å²) in [4.78, 5) is 12.3. The molecular formula is C16H13Cl2NO2. The maximum absolute atomic E-state index is 12.3. The third kappa shape index (κ3) is 2.99. The van der Waals surface area contributed by atoms with Gasteiger partial charge in [-0.1, -0.05) is 23.2 Å². The van der Waals surface area contributed by atoms with Gasteiger partial charge in [-0.15, -0.1) is 0 Å². The molecule has 1 N–H and O–H groups in total. The monoisotopic (exact) mass is 321 g/mol. The molecule has 0 aromatic heterocycles. The van der Waals surface area contributed by atoms with Gasteiger partial charge in [-0.05, 0) is 54.4 Å². The number of fused-ring (bicyclic) bond motifs is 1. The molecule has 0 unspecified atom stereocenters. The Balaban J connectivity index is 1.73. The number of carbonyl (C=O) groups is 1. The van der Waals surface area contributed by atoms with Crippen molar-refractivity contribution in [2.75, 3.05) is 5.32 Å². The average Bonchev–Trinajstić information content (AvgIpc) is 2.85. The molecular weight excluding hydrogens is 309 g/mol. The summed E-state index contributed by atoms with van der Waals surface area (Å²) < 4.78 is 5.66. The predicted molar refractivity (Wildman–Crippen MR) is 84.4 cm³/mol. The number of hydrogen-bond donors (Lipinski definition) is 1. The van der Waals surface area contributed by atoms with E-state index in [-0.39, 0.29) is 5.91 Å². The summed E-state index contributed by atoms with van der Waals surface area (Å²) in [5, 5.41) is 4.16. The second-order valence-corrected chi connectivity index (χ2v) is 5.88. The number of nitrogens with one attached hydrogen (secondary N) is 1. The third-order valence-electron chi connectivity index (χ3n) is 3.44. The van der Waals surface area contributed by atoms with Crippen LogP contribution in [0.4, 0.5) is 5.69 Å². The number of ether oxygens (including phenoxy) is 1. The number of anilines is 1. The molecule has 3 rings (SSSR count). The van der Waals surface area contributed by atoms with Gasteiger partial charge in [0.2, 0.25) is 0 Å². The van der Waals surface area contributed by atoms with Crippen molar-refractivity contribution in [1.82, 2.24) is 0 Å². The SMILES string of the molecule is Cc1cc(Cl)ccc1NC(=O)[C@@H]1Cc2cc(Cl)ccc2O1. The predicted octanol–water partition coefficient (Wildman–Crippen LogP) is 4.24. The van der Waals surface area contributed by atoms with Gasteiger partial charge >= 0.3 is 0 Å². The first-order valence-electron chi connectivity index (χ1n) is 6.55. The molecule has 3 nitrogen and oxygen atoms in total. The van der Waals surface area contributed by atoms with Gasteiger partial charge in [0.1, 0.15) is 5.75 Å². The number of carbonyl (C=O) groups excluding carboxylic acids is 1. The van der Waals surface area contributed by atoms with Gasteiger partial charge in [-0.25, -0.2) is 0 Å². The van der Waals surface area contributed by atoms with E-state index in [1.807, 2.05) is 13.0 Å². The molecule has 0 aliphatic carbocycles. The van der Waals surface area contributed by atoms with Gasteiger partial charge in [-0.3, -0.25) is 4.79 Å². The van der Waals surface area contributed by atoms with Gasteiger partial charge in [0.05, 0.1) is 0 Å². The maximum Gasteiger partial charge on any atom is 0.265 e. The summed E-state index contributed by atoms with van der Waals surface area (Å²) in [6, 6.07) is 10.7. The lowest BCUT2D eigenvalue weighted by molar-refractivity contribution is -0.122.